The van der Waals surface area contributed by atoms with Crippen molar-refractivity contribution in [2.24, 2.45) is 11.8 Å². The van der Waals surface area contributed by atoms with Crippen LogP contribution in [-0.2, 0) is 28.5 Å². The van der Waals surface area contributed by atoms with E-state index in [1.54, 1.807) is 0 Å². The normalized spacial score (nSPS) is 42.0. The van der Waals surface area contributed by atoms with E-state index in [0.29, 0.717) is 24.8 Å². The summed E-state index contributed by atoms with van der Waals surface area (Å²) in [4.78, 5) is 17.8. The number of carbonyl (C=O) groups is 1. The Morgan fingerprint density at radius 1 is 0.913 bits per heavy atom. The zero-order valence-corrected chi connectivity index (χ0v) is 27.3. The number of carbonyl (C=O) groups excluding carboxylic acids is 1. The molecule has 2 N–H and O–H groups in total. The summed E-state index contributed by atoms with van der Waals surface area (Å²) >= 11 is 0. The third-order valence-corrected chi connectivity index (χ3v) is 14.1. The average Bonchev–Trinajstić information content (AvgIpc) is 3.67. The molecule has 7 heteroatoms. The molecular weight excluding hydrogens is 576 g/mol. The first-order valence-corrected chi connectivity index (χ1v) is 17.8. The molecule has 9 atom stereocenters. The number of nitrogens with zero attached hydrogens (tertiary/aromatic N) is 2. The van der Waals surface area contributed by atoms with Crippen LogP contribution in [0.5, 0.6) is 11.5 Å². The molecule has 0 radical (unpaired) electrons. The third-order valence-electron chi connectivity index (χ3n) is 14.1. The smallest absolute Gasteiger partial charge is 0.174 e. The number of likely N-dealkylation sites (N-methyl/N-ethyl adjacent to an activating group) is 1. The van der Waals surface area contributed by atoms with Gasteiger partial charge < -0.3 is 24.6 Å². The van der Waals surface area contributed by atoms with Gasteiger partial charge in [0.1, 0.15) is 23.7 Å². The highest BCUT2D eigenvalue weighted by Gasteiger charge is 2.73. The standard InChI is InChI=1S/C21H25NO3.C18H21NO2/c1-12-2-5-14-10-16-21(24)7-6-15(23)19-20(21,17(14)18(12)25-19)8-9-22(16)11-13-3-4-13;1-10-3-4-11-9-13-12-5-6-14(20)17-18(12,7-8-19(13)2)15(11)16(10)21-17/h2,5,13,16,19,24H,3-4,6-11H2,1H3;3-6,12-14,17,20H,7-9H2,1-2H3/t16-,19+,20+,21-;12-,13+,14-,17-,18-/m10/s1. The van der Waals surface area contributed by atoms with E-state index in [1.807, 2.05) is 6.08 Å². The van der Waals surface area contributed by atoms with Gasteiger partial charge in [-0.25, -0.2) is 0 Å². The molecule has 4 fully saturated rings. The Balaban J connectivity index is 0.000000121. The van der Waals surface area contributed by atoms with Gasteiger partial charge in [0.05, 0.1) is 11.0 Å². The molecule has 46 heavy (non-hydrogen) atoms. The number of piperidine rings is 2. The van der Waals surface area contributed by atoms with Gasteiger partial charge in [-0.05, 0) is 107 Å². The van der Waals surface area contributed by atoms with Crippen LogP contribution in [0.25, 0.3) is 0 Å². The van der Waals surface area contributed by atoms with E-state index >= 15 is 0 Å². The predicted molar refractivity (Wildman–Crippen MR) is 174 cm³/mol. The van der Waals surface area contributed by atoms with Crippen LogP contribution < -0.4 is 9.47 Å². The van der Waals surface area contributed by atoms with E-state index in [-0.39, 0.29) is 23.3 Å². The Bertz CT molecular complexity index is 1720. The molecule has 11 rings (SSSR count). The third kappa shape index (κ3) is 3.31. The van der Waals surface area contributed by atoms with Gasteiger partial charge in [-0.1, -0.05) is 36.4 Å². The molecule has 9 aliphatic rings. The van der Waals surface area contributed by atoms with Crippen molar-refractivity contribution in [3.63, 3.8) is 0 Å². The molecule has 242 valence electrons. The van der Waals surface area contributed by atoms with E-state index in [4.69, 9.17) is 9.47 Å². The highest BCUT2D eigenvalue weighted by atomic mass is 16.5. The summed E-state index contributed by atoms with van der Waals surface area (Å²) < 4.78 is 12.6. The molecule has 7 nitrogen and oxygen atoms in total. The topological polar surface area (TPSA) is 82.5 Å². The summed E-state index contributed by atoms with van der Waals surface area (Å²) in [7, 11) is 2.24. The van der Waals surface area contributed by atoms with Crippen LogP contribution in [0.3, 0.4) is 0 Å². The number of aryl methyl sites for hydroxylation is 2. The van der Waals surface area contributed by atoms with Crippen LogP contribution >= 0.6 is 0 Å². The molecule has 4 bridgehead atoms. The molecule has 4 aliphatic heterocycles. The van der Waals surface area contributed by atoms with Gasteiger partial charge >= 0.3 is 0 Å². The molecule has 2 spiro atoms. The molecule has 0 unspecified atom stereocenters. The maximum Gasteiger partial charge on any atom is 0.174 e. The van der Waals surface area contributed by atoms with E-state index in [0.717, 1.165) is 68.3 Å². The minimum atomic E-state index is -0.829. The van der Waals surface area contributed by atoms with Crippen molar-refractivity contribution in [3.05, 3.63) is 69.8 Å². The summed E-state index contributed by atoms with van der Waals surface area (Å²) in [5.74, 6) is 3.43. The molecule has 2 aromatic rings. The van der Waals surface area contributed by atoms with Crippen molar-refractivity contribution in [2.75, 3.05) is 26.7 Å². The van der Waals surface area contributed by atoms with Gasteiger partial charge in [0.25, 0.3) is 0 Å². The lowest BCUT2D eigenvalue weighted by molar-refractivity contribution is -0.188. The van der Waals surface area contributed by atoms with Crippen LogP contribution in [0.2, 0.25) is 0 Å². The first-order valence-electron chi connectivity index (χ1n) is 17.8. The van der Waals surface area contributed by atoms with Gasteiger partial charge in [-0.3, -0.25) is 9.69 Å². The van der Waals surface area contributed by atoms with Gasteiger partial charge in [0, 0.05) is 47.5 Å². The van der Waals surface area contributed by atoms with E-state index in [2.05, 4.69) is 61.0 Å². The predicted octanol–water partition coefficient (Wildman–Crippen LogP) is 3.93. The second-order valence-electron chi connectivity index (χ2n) is 16.2. The monoisotopic (exact) mass is 622 g/mol. The molecule has 5 aliphatic carbocycles. The fraction of sp³-hybridized carbons (Fsp3) is 0.615. The van der Waals surface area contributed by atoms with Crippen LogP contribution in [0.15, 0.2) is 36.4 Å². The number of hydrogen-bond donors (Lipinski definition) is 2. The number of likely N-dealkylation sites (tertiary alicyclic amines) is 2. The highest BCUT2D eigenvalue weighted by molar-refractivity contribution is 5.89. The molecule has 2 saturated heterocycles. The average molecular weight is 623 g/mol. The lowest BCUT2D eigenvalue weighted by atomic mass is 9.49. The Hall–Kier alpha value is -2.71. The summed E-state index contributed by atoms with van der Waals surface area (Å²) in [5, 5.41) is 22.6. The second kappa shape index (κ2) is 9.25. The summed E-state index contributed by atoms with van der Waals surface area (Å²) in [6.07, 6.45) is 10.8. The van der Waals surface area contributed by atoms with Crippen molar-refractivity contribution < 1.29 is 24.5 Å². The molecule has 4 heterocycles. The fourth-order valence-corrected chi connectivity index (χ4v) is 11.8. The van der Waals surface area contributed by atoms with E-state index < -0.39 is 23.2 Å². The van der Waals surface area contributed by atoms with Crippen LogP contribution in [-0.4, -0.2) is 88.5 Å². The SMILES string of the molecule is Cc1ccc2c3c1O[C@H]1C(=O)CC[C@@]4(O)[C@@H](C2)N(CC2CC2)CC[C@]314.Cc1ccc2c3c1O[C@H]1[C@@H](O)C=C[C@H]4[C@@H](C2)N(C)CC[C@@]341. The van der Waals surface area contributed by atoms with Gasteiger partial charge in [0.15, 0.2) is 11.9 Å². The number of aliphatic hydroxyl groups is 2. The Morgan fingerprint density at radius 2 is 1.65 bits per heavy atom. The zero-order chi connectivity index (χ0) is 31.3. The minimum absolute atomic E-state index is 0.000278. The molecule has 2 aromatic carbocycles. The van der Waals surface area contributed by atoms with Crippen LogP contribution in [0.1, 0.15) is 71.9 Å². The number of Topliss-reactive ketones (excluding diaryl/α,β-unsaturated/α-hetero) is 1. The van der Waals surface area contributed by atoms with Gasteiger partial charge in [-0.15, -0.1) is 0 Å². The van der Waals surface area contributed by atoms with Crippen molar-refractivity contribution in [1.29, 1.82) is 0 Å². The van der Waals surface area contributed by atoms with E-state index in [1.165, 1.54) is 40.7 Å². The Labute approximate surface area is 271 Å². The zero-order valence-electron chi connectivity index (χ0n) is 27.3. The van der Waals surface area contributed by atoms with Crippen LogP contribution in [0.4, 0.5) is 0 Å². The van der Waals surface area contributed by atoms with Gasteiger partial charge in [0.2, 0.25) is 0 Å². The lowest BCUT2D eigenvalue weighted by Crippen LogP contribution is -2.76. The Morgan fingerprint density at radius 3 is 2.41 bits per heavy atom. The second-order valence-corrected chi connectivity index (χ2v) is 16.2. The molecule has 2 saturated carbocycles. The van der Waals surface area contributed by atoms with E-state index in [9.17, 15) is 15.0 Å². The Kier molecular flexibility index (Phi) is 5.69. The summed E-state index contributed by atoms with van der Waals surface area (Å²) in [5.41, 5.74) is 6.30. The largest absolute Gasteiger partial charge is 0.486 e. The maximum absolute atomic E-state index is 12.8. The number of ketones is 1. The lowest BCUT2D eigenvalue weighted by Gasteiger charge is -2.62. The van der Waals surface area contributed by atoms with Gasteiger partial charge in [-0.2, -0.15) is 0 Å². The van der Waals surface area contributed by atoms with Crippen LogP contribution in [0, 0.1) is 25.7 Å². The number of hydrogen-bond acceptors (Lipinski definition) is 7. The van der Waals surface area contributed by atoms with Crippen molar-refractivity contribution in [1.82, 2.24) is 9.80 Å². The maximum atomic E-state index is 12.8. The number of rotatable bonds is 2. The first-order chi connectivity index (χ1) is 22.2. The number of benzene rings is 2. The molecule has 0 amide bonds. The molecular formula is C39H46N2O5. The number of aliphatic hydroxyl groups excluding tert-OH is 1. The fourth-order valence-electron chi connectivity index (χ4n) is 11.8. The summed E-state index contributed by atoms with van der Waals surface area (Å²) in [6.45, 7) is 7.36. The minimum Gasteiger partial charge on any atom is -0.486 e. The highest BCUT2D eigenvalue weighted by Crippen LogP contribution is 2.64. The summed E-state index contributed by atoms with van der Waals surface area (Å²) in [6, 6.07) is 9.47. The first kappa shape index (κ1) is 28.3. The molecule has 0 aromatic heterocycles. The van der Waals surface area contributed by atoms with Crippen molar-refractivity contribution in [2.45, 2.75) is 112 Å². The van der Waals surface area contributed by atoms with Crippen molar-refractivity contribution in [3.8, 4) is 11.5 Å². The quantitative estimate of drug-likeness (QED) is 0.492. The number of ether oxygens (including phenoxy) is 2. The van der Waals surface area contributed by atoms with Crippen molar-refractivity contribution >= 4 is 5.78 Å².